The predicted molar refractivity (Wildman–Crippen MR) is 52.8 cm³/mol. The molecule has 0 aromatic heterocycles. The first-order chi connectivity index (χ1) is 4.21. The Morgan fingerprint density at radius 3 is 1.60 bits per heavy atom. The van der Waals surface area contributed by atoms with E-state index in [0.717, 1.165) is 0 Å². The molecule has 0 saturated carbocycles. The minimum atomic E-state index is -1.22. The van der Waals surface area contributed by atoms with Crippen LogP contribution in [0.3, 0.4) is 0 Å². The smallest absolute Gasteiger partial charge is 0.0948 e. The first kappa shape index (κ1) is 10.8. The Hall–Kier alpha value is 0.827. The second kappa shape index (κ2) is 3.48. The zero-order chi connectivity index (χ0) is 8.41. The fourth-order valence-electron chi connectivity index (χ4n) is 0.344. The standard InChI is InChI=1S/C6H11Cl3Si/c1-10(2,3)5-4-6(7,8)9/h4-5H,1-3H3/b5-4+. The molecule has 0 N–H and O–H groups in total. The maximum Gasteiger partial charge on any atom is 0.208 e. The van der Waals surface area contributed by atoms with E-state index >= 15 is 0 Å². The Bertz CT molecular complexity index is 113. The molecule has 0 spiro atoms. The highest BCUT2D eigenvalue weighted by Crippen LogP contribution is 2.28. The minimum absolute atomic E-state index is 1.20. The summed E-state index contributed by atoms with van der Waals surface area (Å²) in [6, 6.07) is 0. The SMILES string of the molecule is C[Si](C)(C)/C=C/C(Cl)(Cl)Cl. The van der Waals surface area contributed by atoms with Gasteiger partial charge in [0.25, 0.3) is 0 Å². The summed E-state index contributed by atoms with van der Waals surface area (Å²) < 4.78 is -1.22. The molecule has 0 saturated heterocycles. The van der Waals surface area contributed by atoms with Crippen molar-refractivity contribution in [1.29, 1.82) is 0 Å². The van der Waals surface area contributed by atoms with E-state index in [1.807, 2.05) is 5.70 Å². The van der Waals surface area contributed by atoms with Crippen molar-refractivity contribution in [2.24, 2.45) is 0 Å². The van der Waals surface area contributed by atoms with Crippen LogP contribution in [0, 0.1) is 0 Å². The molecule has 0 nitrogen and oxygen atoms in total. The van der Waals surface area contributed by atoms with Gasteiger partial charge >= 0.3 is 0 Å². The average Bonchev–Trinajstić information content (AvgIpc) is 1.57. The third kappa shape index (κ3) is 8.83. The van der Waals surface area contributed by atoms with Gasteiger partial charge in [0, 0.05) is 0 Å². The fourth-order valence-corrected chi connectivity index (χ4v) is 1.60. The summed E-state index contributed by atoms with van der Waals surface area (Å²) in [4.78, 5) is 0. The van der Waals surface area contributed by atoms with E-state index in [-0.39, 0.29) is 0 Å². The van der Waals surface area contributed by atoms with Crippen LogP contribution in [0.25, 0.3) is 0 Å². The van der Waals surface area contributed by atoms with Gasteiger partial charge in [-0.3, -0.25) is 0 Å². The summed E-state index contributed by atoms with van der Waals surface area (Å²) in [7, 11) is -1.20. The topological polar surface area (TPSA) is 0 Å². The Labute approximate surface area is 78.2 Å². The third-order valence-electron chi connectivity index (χ3n) is 0.772. The van der Waals surface area contributed by atoms with Crippen LogP contribution in [0.4, 0.5) is 0 Å². The van der Waals surface area contributed by atoms with Crippen LogP contribution in [0.2, 0.25) is 19.6 Å². The van der Waals surface area contributed by atoms with Crippen LogP contribution in [-0.2, 0) is 0 Å². The largest absolute Gasteiger partial charge is 0.208 e. The molecule has 0 unspecified atom stereocenters. The first-order valence-electron chi connectivity index (χ1n) is 2.98. The second-order valence-electron chi connectivity index (χ2n) is 3.24. The van der Waals surface area contributed by atoms with E-state index in [2.05, 4.69) is 19.6 Å². The van der Waals surface area contributed by atoms with E-state index in [1.165, 1.54) is 0 Å². The Balaban J connectivity index is 4.01. The van der Waals surface area contributed by atoms with Gasteiger partial charge in [0.15, 0.2) is 0 Å². The van der Waals surface area contributed by atoms with E-state index in [4.69, 9.17) is 34.8 Å². The van der Waals surface area contributed by atoms with Gasteiger partial charge in [-0.15, -0.1) is 0 Å². The van der Waals surface area contributed by atoms with Crippen LogP contribution in [0.1, 0.15) is 0 Å². The van der Waals surface area contributed by atoms with Crippen LogP contribution < -0.4 is 0 Å². The molecule has 0 radical (unpaired) electrons. The van der Waals surface area contributed by atoms with Crippen molar-refractivity contribution in [3.63, 3.8) is 0 Å². The molecule has 0 aromatic rings. The van der Waals surface area contributed by atoms with E-state index in [0.29, 0.717) is 0 Å². The molecule has 0 rings (SSSR count). The molecule has 0 aliphatic rings. The van der Waals surface area contributed by atoms with Crippen molar-refractivity contribution in [3.05, 3.63) is 11.8 Å². The molecule has 60 valence electrons. The van der Waals surface area contributed by atoms with E-state index < -0.39 is 11.9 Å². The van der Waals surface area contributed by atoms with Gasteiger partial charge in [0.05, 0.1) is 8.07 Å². The predicted octanol–water partition coefficient (Wildman–Crippen LogP) is 3.79. The maximum atomic E-state index is 5.51. The number of halogens is 3. The molecule has 0 amide bonds. The first-order valence-corrected chi connectivity index (χ1v) is 7.69. The Kier molecular flexibility index (Phi) is 3.77. The normalized spacial score (nSPS) is 14.6. The molecule has 0 atom stereocenters. The van der Waals surface area contributed by atoms with Gasteiger partial charge in [-0.1, -0.05) is 60.1 Å². The van der Waals surface area contributed by atoms with Crippen molar-refractivity contribution in [2.45, 2.75) is 23.4 Å². The highest BCUT2D eigenvalue weighted by Gasteiger charge is 2.16. The highest BCUT2D eigenvalue weighted by molar-refractivity contribution is 6.81. The van der Waals surface area contributed by atoms with Crippen LogP contribution in [0.5, 0.6) is 0 Å². The van der Waals surface area contributed by atoms with Gasteiger partial charge < -0.3 is 0 Å². The van der Waals surface area contributed by atoms with Crippen LogP contribution in [-0.4, -0.2) is 11.9 Å². The third-order valence-corrected chi connectivity index (χ3v) is 2.32. The summed E-state index contributed by atoms with van der Waals surface area (Å²) >= 11 is 16.5. The van der Waals surface area contributed by atoms with Crippen molar-refractivity contribution in [1.82, 2.24) is 0 Å². The van der Waals surface area contributed by atoms with Gasteiger partial charge in [0.2, 0.25) is 3.79 Å². The van der Waals surface area contributed by atoms with E-state index in [1.54, 1.807) is 6.08 Å². The average molecular weight is 218 g/mol. The van der Waals surface area contributed by atoms with Crippen LogP contribution in [0.15, 0.2) is 11.8 Å². The fraction of sp³-hybridized carbons (Fsp3) is 0.667. The lowest BCUT2D eigenvalue weighted by Gasteiger charge is -2.10. The number of hydrogen-bond donors (Lipinski definition) is 0. The zero-order valence-corrected chi connectivity index (χ0v) is 9.56. The number of alkyl halides is 3. The lowest BCUT2D eigenvalue weighted by molar-refractivity contribution is 1.47. The molecule has 0 aliphatic heterocycles. The molecule has 4 heteroatoms. The summed E-state index contributed by atoms with van der Waals surface area (Å²) in [5, 5.41) is 0. The van der Waals surface area contributed by atoms with Gasteiger partial charge in [-0.25, -0.2) is 0 Å². The van der Waals surface area contributed by atoms with Gasteiger partial charge in [-0.2, -0.15) is 0 Å². The Morgan fingerprint density at radius 1 is 1.10 bits per heavy atom. The summed E-state index contributed by atoms with van der Waals surface area (Å²) in [5.74, 6) is 0. The number of rotatable bonds is 1. The second-order valence-corrected chi connectivity index (χ2v) is 10.7. The van der Waals surface area contributed by atoms with Gasteiger partial charge in [-0.05, 0) is 6.08 Å². The molecule has 10 heavy (non-hydrogen) atoms. The van der Waals surface area contributed by atoms with Crippen molar-refractivity contribution in [3.8, 4) is 0 Å². The number of hydrogen-bond acceptors (Lipinski definition) is 0. The lowest BCUT2D eigenvalue weighted by Crippen LogP contribution is -2.16. The molecule has 0 heterocycles. The zero-order valence-electron chi connectivity index (χ0n) is 6.29. The quantitative estimate of drug-likeness (QED) is 0.463. The molecular weight excluding hydrogens is 207 g/mol. The molecule has 0 aliphatic carbocycles. The molecule has 0 bridgehead atoms. The summed E-state index contributed by atoms with van der Waals surface area (Å²) in [5.41, 5.74) is 2.01. The summed E-state index contributed by atoms with van der Waals surface area (Å²) in [6.45, 7) is 6.54. The van der Waals surface area contributed by atoms with Crippen molar-refractivity contribution < 1.29 is 0 Å². The minimum Gasteiger partial charge on any atom is -0.0948 e. The maximum absolute atomic E-state index is 5.51. The number of allylic oxidation sites excluding steroid dienone is 1. The Morgan fingerprint density at radius 2 is 1.50 bits per heavy atom. The summed E-state index contributed by atoms with van der Waals surface area (Å²) in [6.07, 6.45) is 1.63. The van der Waals surface area contributed by atoms with Crippen molar-refractivity contribution >= 4 is 42.9 Å². The monoisotopic (exact) mass is 216 g/mol. The molecule has 0 aromatic carbocycles. The molecular formula is C6H11Cl3Si. The van der Waals surface area contributed by atoms with Gasteiger partial charge in [0.1, 0.15) is 0 Å². The lowest BCUT2D eigenvalue weighted by atomic mass is 10.7. The van der Waals surface area contributed by atoms with E-state index in [9.17, 15) is 0 Å². The highest BCUT2D eigenvalue weighted by atomic mass is 35.6. The molecule has 0 fully saturated rings. The van der Waals surface area contributed by atoms with Crippen LogP contribution >= 0.6 is 34.8 Å². The van der Waals surface area contributed by atoms with Crippen molar-refractivity contribution in [2.75, 3.05) is 0 Å².